The van der Waals surface area contributed by atoms with Crippen LogP contribution in [-0.4, -0.2) is 53.3 Å². The van der Waals surface area contributed by atoms with Gasteiger partial charge < -0.3 is 26.4 Å². The Hall–Kier alpha value is -4.12. The summed E-state index contributed by atoms with van der Waals surface area (Å²) in [4.78, 5) is 22.8. The molecule has 0 aliphatic carbocycles. The molecule has 1 amide bonds. The molecule has 1 aliphatic heterocycles. The van der Waals surface area contributed by atoms with Crippen molar-refractivity contribution in [1.82, 2.24) is 14.9 Å². The summed E-state index contributed by atoms with van der Waals surface area (Å²) in [7, 11) is -3.54. The second kappa shape index (κ2) is 11.3. The molecule has 10 nitrogen and oxygen atoms in total. The van der Waals surface area contributed by atoms with Gasteiger partial charge in [-0.05, 0) is 75.6 Å². The predicted molar refractivity (Wildman–Crippen MR) is 154 cm³/mol. The number of carbonyl (C=O) groups excluding carboxylic acids is 1. The van der Waals surface area contributed by atoms with Crippen molar-refractivity contribution in [3.8, 4) is 0 Å². The summed E-state index contributed by atoms with van der Waals surface area (Å²) in [6.07, 6.45) is 7.43. The van der Waals surface area contributed by atoms with Crippen molar-refractivity contribution < 1.29 is 17.9 Å². The number of likely N-dealkylation sites (tertiary alicyclic amines) is 1. The highest BCUT2D eigenvalue weighted by Crippen LogP contribution is 2.27. The van der Waals surface area contributed by atoms with Crippen molar-refractivity contribution in [1.29, 1.82) is 0 Å². The summed E-state index contributed by atoms with van der Waals surface area (Å²) in [6, 6.07) is 11.9. The number of piperidine rings is 1. The number of benzene rings is 2. The van der Waals surface area contributed by atoms with Crippen LogP contribution in [0.1, 0.15) is 44.7 Å². The van der Waals surface area contributed by atoms with Gasteiger partial charge in [0.05, 0.1) is 21.5 Å². The minimum Gasteiger partial charge on any atom is -0.444 e. The molecule has 1 fully saturated rings. The Labute approximate surface area is 229 Å². The quantitative estimate of drug-likeness (QED) is 0.370. The van der Waals surface area contributed by atoms with Crippen molar-refractivity contribution in [2.45, 2.75) is 49.4 Å². The molecule has 206 valence electrons. The number of hydrogen-bond acceptors (Lipinski definition) is 9. The lowest BCUT2D eigenvalue weighted by molar-refractivity contribution is 0.0217. The van der Waals surface area contributed by atoms with Crippen molar-refractivity contribution in [3.63, 3.8) is 0 Å². The Bertz CT molecular complexity index is 1440. The van der Waals surface area contributed by atoms with Crippen LogP contribution in [0.5, 0.6) is 0 Å². The molecule has 5 N–H and O–H groups in total. The topological polar surface area (TPSA) is 154 Å². The predicted octanol–water partition coefficient (Wildman–Crippen LogP) is 4.73. The number of nitrogens with two attached hydrogens (primary N) is 2. The molecular formula is C28H34N6O4S. The SMILES string of the molecule is CC(C)(C)OC(=O)N1CCC(S(=O)(=O)c2ccc(Nc3ncc(/C=C/c4ccc(N)c(N)c4)cn3)cc2)CC1. The average molecular weight is 551 g/mol. The van der Waals surface area contributed by atoms with Crippen LogP contribution in [0.15, 0.2) is 59.8 Å². The van der Waals surface area contributed by atoms with Gasteiger partial charge in [0.15, 0.2) is 9.84 Å². The molecule has 1 aliphatic rings. The van der Waals surface area contributed by atoms with E-state index in [0.29, 0.717) is 48.9 Å². The van der Waals surface area contributed by atoms with Crippen molar-refractivity contribution in [2.75, 3.05) is 29.9 Å². The minimum atomic E-state index is -3.54. The highest BCUT2D eigenvalue weighted by atomic mass is 32.2. The lowest BCUT2D eigenvalue weighted by Crippen LogP contribution is -2.44. The number of hydrogen-bond donors (Lipinski definition) is 3. The van der Waals surface area contributed by atoms with Crippen molar-refractivity contribution in [3.05, 3.63) is 66.0 Å². The average Bonchev–Trinajstić information content (AvgIpc) is 2.89. The summed E-state index contributed by atoms with van der Waals surface area (Å²) >= 11 is 0. The summed E-state index contributed by atoms with van der Waals surface area (Å²) in [5.41, 5.74) is 14.4. The molecular weight excluding hydrogens is 516 g/mol. The maximum absolute atomic E-state index is 13.2. The van der Waals surface area contributed by atoms with Gasteiger partial charge in [-0.1, -0.05) is 18.2 Å². The van der Waals surface area contributed by atoms with E-state index in [4.69, 9.17) is 16.2 Å². The second-order valence-electron chi connectivity index (χ2n) is 10.4. The van der Waals surface area contributed by atoms with Crippen LogP contribution in [0.3, 0.4) is 0 Å². The van der Waals surface area contributed by atoms with Gasteiger partial charge in [0.2, 0.25) is 5.95 Å². The van der Waals surface area contributed by atoms with E-state index in [2.05, 4.69) is 15.3 Å². The van der Waals surface area contributed by atoms with E-state index >= 15 is 0 Å². The van der Waals surface area contributed by atoms with Crippen LogP contribution in [0, 0.1) is 0 Å². The Kier molecular flexibility index (Phi) is 8.10. The third-order valence-electron chi connectivity index (χ3n) is 6.22. The van der Waals surface area contributed by atoms with Crippen LogP contribution in [0.2, 0.25) is 0 Å². The standard InChI is InChI=1S/C28H34N6O4S/c1-28(2,3)38-27(35)34-14-12-23(13-15-34)39(36,37)22-9-7-21(8-10-22)33-26-31-17-20(18-32-26)5-4-19-6-11-24(29)25(30)16-19/h4-11,16-18,23H,12-15,29-30H2,1-3H3,(H,31,32,33)/b5-4+. The van der Waals surface area contributed by atoms with Crippen LogP contribution >= 0.6 is 0 Å². The van der Waals surface area contributed by atoms with E-state index < -0.39 is 26.8 Å². The number of amides is 1. The number of ether oxygens (including phenoxy) is 1. The van der Waals surface area contributed by atoms with Gasteiger partial charge in [-0.2, -0.15) is 0 Å². The first-order chi connectivity index (χ1) is 18.4. The summed E-state index contributed by atoms with van der Waals surface area (Å²) in [5, 5.41) is 2.53. The molecule has 0 unspecified atom stereocenters. The van der Waals surface area contributed by atoms with Gasteiger partial charge in [-0.3, -0.25) is 0 Å². The van der Waals surface area contributed by atoms with E-state index in [0.717, 1.165) is 11.1 Å². The number of carbonyl (C=O) groups is 1. The summed E-state index contributed by atoms with van der Waals surface area (Å²) in [5.74, 6) is 0.383. The highest BCUT2D eigenvalue weighted by Gasteiger charge is 2.34. The van der Waals surface area contributed by atoms with Gasteiger partial charge >= 0.3 is 6.09 Å². The van der Waals surface area contributed by atoms with E-state index in [-0.39, 0.29) is 4.90 Å². The fraction of sp³-hybridized carbons (Fsp3) is 0.321. The first-order valence-corrected chi connectivity index (χ1v) is 14.2. The largest absolute Gasteiger partial charge is 0.444 e. The number of anilines is 4. The maximum atomic E-state index is 13.2. The molecule has 0 saturated carbocycles. The Morgan fingerprint density at radius 1 is 0.974 bits per heavy atom. The number of nitrogens with one attached hydrogen (secondary N) is 1. The molecule has 0 radical (unpaired) electrons. The smallest absolute Gasteiger partial charge is 0.410 e. The van der Waals surface area contributed by atoms with Crippen molar-refractivity contribution in [2.24, 2.45) is 0 Å². The van der Waals surface area contributed by atoms with Gasteiger partial charge in [-0.15, -0.1) is 0 Å². The maximum Gasteiger partial charge on any atom is 0.410 e. The number of nitrogen functional groups attached to an aromatic ring is 2. The lowest BCUT2D eigenvalue weighted by atomic mass is 10.1. The molecule has 4 rings (SSSR count). The Morgan fingerprint density at radius 3 is 2.18 bits per heavy atom. The van der Waals surface area contributed by atoms with Gasteiger partial charge in [-0.25, -0.2) is 23.2 Å². The Balaban J connectivity index is 1.33. The Morgan fingerprint density at radius 2 is 1.59 bits per heavy atom. The fourth-order valence-corrected chi connectivity index (χ4v) is 5.83. The normalized spacial score (nSPS) is 14.9. The number of aromatic nitrogens is 2. The third-order valence-corrected chi connectivity index (χ3v) is 8.50. The fourth-order valence-electron chi connectivity index (χ4n) is 4.10. The summed E-state index contributed by atoms with van der Waals surface area (Å²) in [6.45, 7) is 6.10. The first kappa shape index (κ1) is 27.9. The monoisotopic (exact) mass is 550 g/mol. The van der Waals surface area contributed by atoms with Gasteiger partial charge in [0.1, 0.15) is 5.60 Å². The van der Waals surface area contributed by atoms with E-state index in [1.165, 1.54) is 0 Å². The van der Waals surface area contributed by atoms with Crippen LogP contribution in [0.25, 0.3) is 12.2 Å². The zero-order valence-electron chi connectivity index (χ0n) is 22.3. The molecule has 2 heterocycles. The molecule has 0 atom stereocenters. The van der Waals surface area contributed by atoms with Crippen LogP contribution in [-0.2, 0) is 14.6 Å². The lowest BCUT2D eigenvalue weighted by Gasteiger charge is -2.33. The van der Waals surface area contributed by atoms with Gasteiger partial charge in [0, 0.05) is 36.7 Å². The molecule has 1 saturated heterocycles. The van der Waals surface area contributed by atoms with E-state index in [1.54, 1.807) is 74.5 Å². The number of sulfone groups is 1. The molecule has 0 spiro atoms. The summed E-state index contributed by atoms with van der Waals surface area (Å²) < 4.78 is 31.8. The molecule has 1 aromatic heterocycles. The van der Waals surface area contributed by atoms with Crippen LogP contribution < -0.4 is 16.8 Å². The molecule has 0 bridgehead atoms. The molecule has 11 heteroatoms. The van der Waals surface area contributed by atoms with E-state index in [1.807, 2.05) is 18.2 Å². The van der Waals surface area contributed by atoms with E-state index in [9.17, 15) is 13.2 Å². The van der Waals surface area contributed by atoms with Gasteiger partial charge in [0.25, 0.3) is 0 Å². The molecule has 39 heavy (non-hydrogen) atoms. The molecule has 2 aromatic carbocycles. The second-order valence-corrected chi connectivity index (χ2v) is 12.7. The molecule has 3 aromatic rings. The zero-order valence-corrected chi connectivity index (χ0v) is 23.1. The minimum absolute atomic E-state index is 0.244. The van der Waals surface area contributed by atoms with Crippen molar-refractivity contribution >= 4 is 51.1 Å². The first-order valence-electron chi connectivity index (χ1n) is 12.6. The number of rotatable bonds is 6. The number of nitrogens with zero attached hydrogens (tertiary/aromatic N) is 3. The highest BCUT2D eigenvalue weighted by molar-refractivity contribution is 7.92. The zero-order chi connectivity index (χ0) is 28.2. The van der Waals surface area contributed by atoms with Crippen LogP contribution in [0.4, 0.5) is 27.8 Å². The third kappa shape index (κ3) is 7.26.